The number of rotatable bonds is 3. The average Bonchev–Trinajstić information content (AvgIpc) is 2.75. The standard InChI is InChI=1S/C12H12BrClFN3/c1-7(2)18-11(6-14)16-17-12(18)9-5-8(15)3-4-10(9)13/h3-5,7H,6H2,1-2H3. The van der Waals surface area contributed by atoms with E-state index in [0.717, 1.165) is 4.47 Å². The minimum Gasteiger partial charge on any atom is -0.307 e. The molecule has 0 aliphatic heterocycles. The van der Waals surface area contributed by atoms with Crippen LogP contribution in [-0.4, -0.2) is 14.8 Å². The summed E-state index contributed by atoms with van der Waals surface area (Å²) >= 11 is 9.24. The molecule has 0 N–H and O–H groups in total. The van der Waals surface area contributed by atoms with E-state index in [1.807, 2.05) is 18.4 Å². The molecule has 0 fully saturated rings. The van der Waals surface area contributed by atoms with Crippen molar-refractivity contribution in [2.75, 3.05) is 0 Å². The van der Waals surface area contributed by atoms with Crippen LogP contribution in [0.15, 0.2) is 22.7 Å². The topological polar surface area (TPSA) is 30.7 Å². The molecule has 1 aromatic heterocycles. The lowest BCUT2D eigenvalue weighted by Gasteiger charge is -2.13. The fourth-order valence-corrected chi connectivity index (χ4v) is 2.42. The maximum atomic E-state index is 13.3. The highest BCUT2D eigenvalue weighted by molar-refractivity contribution is 9.10. The fourth-order valence-electron chi connectivity index (χ4n) is 1.81. The molecule has 1 heterocycles. The van der Waals surface area contributed by atoms with Crippen LogP contribution in [0.1, 0.15) is 25.7 Å². The third-order valence-electron chi connectivity index (χ3n) is 2.57. The van der Waals surface area contributed by atoms with Gasteiger partial charge in [0.15, 0.2) is 5.82 Å². The molecule has 3 nitrogen and oxygen atoms in total. The van der Waals surface area contributed by atoms with Gasteiger partial charge in [-0.05, 0) is 32.0 Å². The minimum atomic E-state index is -0.307. The molecule has 0 bridgehead atoms. The summed E-state index contributed by atoms with van der Waals surface area (Å²) < 4.78 is 16.0. The van der Waals surface area contributed by atoms with Gasteiger partial charge in [-0.15, -0.1) is 21.8 Å². The summed E-state index contributed by atoms with van der Waals surface area (Å²) in [5.74, 6) is 1.27. The zero-order chi connectivity index (χ0) is 13.3. The van der Waals surface area contributed by atoms with Crippen molar-refractivity contribution in [3.63, 3.8) is 0 Å². The van der Waals surface area contributed by atoms with Crippen LogP contribution in [0, 0.1) is 5.82 Å². The Kier molecular flexibility index (Phi) is 4.02. The van der Waals surface area contributed by atoms with Gasteiger partial charge < -0.3 is 4.57 Å². The van der Waals surface area contributed by atoms with Gasteiger partial charge in [0.05, 0.1) is 5.88 Å². The van der Waals surface area contributed by atoms with Crippen molar-refractivity contribution in [2.24, 2.45) is 0 Å². The van der Waals surface area contributed by atoms with Gasteiger partial charge in [0.25, 0.3) is 0 Å². The number of hydrogen-bond donors (Lipinski definition) is 0. The SMILES string of the molecule is CC(C)n1c(CCl)nnc1-c1cc(F)ccc1Br. The van der Waals surface area contributed by atoms with E-state index in [1.54, 1.807) is 6.07 Å². The summed E-state index contributed by atoms with van der Waals surface area (Å²) in [4.78, 5) is 0. The molecule has 18 heavy (non-hydrogen) atoms. The molecule has 0 atom stereocenters. The Hall–Kier alpha value is -0.940. The number of hydrogen-bond acceptors (Lipinski definition) is 2. The van der Waals surface area contributed by atoms with Gasteiger partial charge in [-0.25, -0.2) is 4.39 Å². The molecule has 0 amide bonds. The highest BCUT2D eigenvalue weighted by Gasteiger charge is 2.17. The molecule has 0 saturated carbocycles. The first-order valence-electron chi connectivity index (χ1n) is 5.49. The molecular weight excluding hydrogens is 321 g/mol. The van der Waals surface area contributed by atoms with Crippen LogP contribution in [0.4, 0.5) is 4.39 Å². The van der Waals surface area contributed by atoms with E-state index >= 15 is 0 Å². The van der Waals surface area contributed by atoms with Crippen molar-refractivity contribution < 1.29 is 4.39 Å². The molecule has 1 aromatic carbocycles. The van der Waals surface area contributed by atoms with Crippen molar-refractivity contribution in [3.8, 4) is 11.4 Å². The van der Waals surface area contributed by atoms with Crippen molar-refractivity contribution in [2.45, 2.75) is 25.8 Å². The number of halogens is 3. The monoisotopic (exact) mass is 331 g/mol. The highest BCUT2D eigenvalue weighted by atomic mass is 79.9. The number of benzene rings is 1. The maximum absolute atomic E-state index is 13.3. The van der Waals surface area contributed by atoms with Crippen LogP contribution in [0.3, 0.4) is 0 Å². The van der Waals surface area contributed by atoms with Crippen LogP contribution in [0.2, 0.25) is 0 Å². The van der Waals surface area contributed by atoms with Gasteiger partial charge in [0.2, 0.25) is 0 Å². The third kappa shape index (κ3) is 2.42. The Balaban J connectivity index is 2.63. The van der Waals surface area contributed by atoms with Crippen LogP contribution < -0.4 is 0 Å². The normalized spacial score (nSPS) is 11.2. The highest BCUT2D eigenvalue weighted by Crippen LogP contribution is 2.30. The Bertz CT molecular complexity index is 568. The average molecular weight is 333 g/mol. The molecule has 2 aromatic rings. The van der Waals surface area contributed by atoms with Gasteiger partial charge in [-0.2, -0.15) is 0 Å². The Morgan fingerprint density at radius 3 is 2.72 bits per heavy atom. The molecular formula is C12H12BrClFN3. The van der Waals surface area contributed by atoms with E-state index in [9.17, 15) is 4.39 Å². The van der Waals surface area contributed by atoms with Crippen molar-refractivity contribution in [1.82, 2.24) is 14.8 Å². The zero-order valence-electron chi connectivity index (χ0n) is 9.99. The van der Waals surface area contributed by atoms with E-state index in [-0.39, 0.29) is 17.7 Å². The quantitative estimate of drug-likeness (QED) is 0.790. The number of aromatic nitrogens is 3. The van der Waals surface area contributed by atoms with Crippen molar-refractivity contribution in [3.05, 3.63) is 34.3 Å². The first-order valence-corrected chi connectivity index (χ1v) is 6.82. The van der Waals surface area contributed by atoms with E-state index in [0.29, 0.717) is 17.2 Å². The van der Waals surface area contributed by atoms with Crippen LogP contribution in [0.25, 0.3) is 11.4 Å². The van der Waals surface area contributed by atoms with Gasteiger partial charge in [0.1, 0.15) is 11.6 Å². The van der Waals surface area contributed by atoms with Gasteiger partial charge in [-0.3, -0.25) is 0 Å². The number of nitrogens with zero attached hydrogens (tertiary/aromatic N) is 3. The maximum Gasteiger partial charge on any atom is 0.165 e. The van der Waals surface area contributed by atoms with Crippen LogP contribution >= 0.6 is 27.5 Å². The summed E-state index contributed by atoms with van der Waals surface area (Å²) in [5.41, 5.74) is 0.674. The number of alkyl halides is 1. The van der Waals surface area contributed by atoms with Gasteiger partial charge >= 0.3 is 0 Å². The molecule has 96 valence electrons. The molecule has 0 saturated heterocycles. The molecule has 0 spiro atoms. The second kappa shape index (κ2) is 5.36. The molecule has 0 unspecified atom stereocenters. The summed E-state index contributed by atoms with van der Waals surface area (Å²) in [6, 6.07) is 4.64. The first-order chi connectivity index (χ1) is 8.54. The Morgan fingerprint density at radius 1 is 1.39 bits per heavy atom. The predicted octanol–water partition coefficient (Wildman–Crippen LogP) is 4.17. The summed E-state index contributed by atoms with van der Waals surface area (Å²) in [5, 5.41) is 8.15. The fraction of sp³-hybridized carbons (Fsp3) is 0.333. The summed E-state index contributed by atoms with van der Waals surface area (Å²) in [6.45, 7) is 4.02. The minimum absolute atomic E-state index is 0.152. The largest absolute Gasteiger partial charge is 0.307 e. The first kappa shape index (κ1) is 13.5. The summed E-state index contributed by atoms with van der Waals surface area (Å²) in [7, 11) is 0. The van der Waals surface area contributed by atoms with Crippen LogP contribution in [-0.2, 0) is 5.88 Å². The summed E-state index contributed by atoms with van der Waals surface area (Å²) in [6.07, 6.45) is 0. The molecule has 0 radical (unpaired) electrons. The molecule has 2 rings (SSSR count). The zero-order valence-corrected chi connectivity index (χ0v) is 12.3. The van der Waals surface area contributed by atoms with Crippen molar-refractivity contribution >= 4 is 27.5 Å². The second-order valence-electron chi connectivity index (χ2n) is 4.16. The predicted molar refractivity (Wildman–Crippen MR) is 73.1 cm³/mol. The van der Waals surface area contributed by atoms with E-state index in [4.69, 9.17) is 11.6 Å². The lowest BCUT2D eigenvalue weighted by molar-refractivity contribution is 0.583. The van der Waals surface area contributed by atoms with E-state index in [2.05, 4.69) is 26.1 Å². The molecule has 6 heteroatoms. The van der Waals surface area contributed by atoms with Crippen LogP contribution in [0.5, 0.6) is 0 Å². The Labute approximate surface area is 118 Å². The third-order valence-corrected chi connectivity index (χ3v) is 3.50. The molecule has 0 aliphatic carbocycles. The van der Waals surface area contributed by atoms with E-state index in [1.165, 1.54) is 12.1 Å². The van der Waals surface area contributed by atoms with Gasteiger partial charge in [0, 0.05) is 16.1 Å². The Morgan fingerprint density at radius 2 is 2.11 bits per heavy atom. The van der Waals surface area contributed by atoms with Crippen molar-refractivity contribution in [1.29, 1.82) is 0 Å². The van der Waals surface area contributed by atoms with Gasteiger partial charge in [-0.1, -0.05) is 15.9 Å². The van der Waals surface area contributed by atoms with E-state index < -0.39 is 0 Å². The lowest BCUT2D eigenvalue weighted by atomic mass is 10.2. The second-order valence-corrected chi connectivity index (χ2v) is 5.28. The smallest absolute Gasteiger partial charge is 0.165 e. The molecule has 0 aliphatic rings. The lowest BCUT2D eigenvalue weighted by Crippen LogP contribution is -2.07.